The number of benzene rings is 1. The molecule has 0 saturated heterocycles. The summed E-state index contributed by atoms with van der Waals surface area (Å²) in [4.78, 5) is 13.8. The number of halogens is 1. The van der Waals surface area contributed by atoms with E-state index in [1.54, 1.807) is 4.90 Å². The van der Waals surface area contributed by atoms with Crippen molar-refractivity contribution in [2.24, 2.45) is 0 Å². The van der Waals surface area contributed by atoms with Crippen molar-refractivity contribution in [3.05, 3.63) is 23.8 Å². The Morgan fingerprint density at radius 2 is 2.05 bits per heavy atom. The summed E-state index contributed by atoms with van der Waals surface area (Å²) in [6.07, 6.45) is -0.397. The van der Waals surface area contributed by atoms with Gasteiger partial charge < -0.3 is 9.47 Å². The molecule has 0 aliphatic heterocycles. The third kappa shape index (κ3) is 3.87. The van der Waals surface area contributed by atoms with Crippen LogP contribution in [0.5, 0.6) is 5.75 Å². The van der Waals surface area contributed by atoms with Gasteiger partial charge in [-0.2, -0.15) is 0 Å². The quantitative estimate of drug-likeness (QED) is 0.572. The van der Waals surface area contributed by atoms with Crippen molar-refractivity contribution in [1.29, 1.82) is 0 Å². The Morgan fingerprint density at radius 3 is 2.60 bits per heavy atom. The van der Waals surface area contributed by atoms with Crippen molar-refractivity contribution >= 4 is 23.2 Å². The number of carbonyl (C=O) groups is 1. The lowest BCUT2D eigenvalue weighted by molar-refractivity contribution is -0.118. The maximum atomic E-state index is 12.2. The van der Waals surface area contributed by atoms with Crippen LogP contribution in [-0.2, 0) is 9.53 Å². The first kappa shape index (κ1) is 16.8. The summed E-state index contributed by atoms with van der Waals surface area (Å²) in [6.45, 7) is 8.61. The molecule has 1 unspecified atom stereocenters. The molecule has 1 rings (SSSR count). The Labute approximate surface area is 125 Å². The van der Waals surface area contributed by atoms with Crippen LogP contribution in [-0.4, -0.2) is 31.2 Å². The van der Waals surface area contributed by atoms with Crippen LogP contribution in [0.2, 0.25) is 0 Å². The Hall–Kier alpha value is -1.26. The fraction of sp³-hybridized carbons (Fsp3) is 0.533. The van der Waals surface area contributed by atoms with Crippen LogP contribution < -0.4 is 9.64 Å². The lowest BCUT2D eigenvalue weighted by atomic mass is 10.1. The minimum Gasteiger partial charge on any atom is -0.492 e. The van der Waals surface area contributed by atoms with Crippen molar-refractivity contribution in [1.82, 2.24) is 0 Å². The molecule has 112 valence electrons. The number of hydrogen-bond acceptors (Lipinski definition) is 3. The van der Waals surface area contributed by atoms with Gasteiger partial charge in [-0.3, -0.25) is 9.69 Å². The van der Waals surface area contributed by atoms with Gasteiger partial charge in [0.15, 0.2) is 0 Å². The number of aryl methyl sites for hydroxylation is 1. The van der Waals surface area contributed by atoms with E-state index in [2.05, 4.69) is 0 Å². The van der Waals surface area contributed by atoms with E-state index in [0.717, 1.165) is 11.3 Å². The Morgan fingerprint density at radius 1 is 1.35 bits per heavy atom. The molecule has 5 heteroatoms. The van der Waals surface area contributed by atoms with Gasteiger partial charge in [-0.15, -0.1) is 11.6 Å². The Kier molecular flexibility index (Phi) is 6.82. The molecule has 1 atom stereocenters. The summed E-state index contributed by atoms with van der Waals surface area (Å²) in [6, 6.07) is 5.68. The molecule has 0 N–H and O–H groups in total. The molecule has 0 heterocycles. The molecule has 1 aromatic carbocycles. The highest BCUT2D eigenvalue weighted by Gasteiger charge is 2.26. The van der Waals surface area contributed by atoms with Gasteiger partial charge in [0.1, 0.15) is 17.9 Å². The molecule has 4 nitrogen and oxygen atoms in total. The zero-order chi connectivity index (χ0) is 15.1. The topological polar surface area (TPSA) is 38.8 Å². The molecule has 1 amide bonds. The number of carbonyl (C=O) groups excluding carboxylic acids is 1. The van der Waals surface area contributed by atoms with Gasteiger partial charge >= 0.3 is 0 Å². The average Bonchev–Trinajstić information content (AvgIpc) is 2.42. The van der Waals surface area contributed by atoms with E-state index in [1.807, 2.05) is 45.9 Å². The smallest absolute Gasteiger partial charge is 0.244 e. The second-order valence-corrected chi connectivity index (χ2v) is 4.57. The van der Waals surface area contributed by atoms with Gasteiger partial charge in [-0.05, 0) is 39.3 Å². The molecule has 0 radical (unpaired) electrons. The van der Waals surface area contributed by atoms with E-state index in [9.17, 15) is 4.79 Å². The Bertz CT molecular complexity index is 451. The highest BCUT2D eigenvalue weighted by Crippen LogP contribution is 2.33. The van der Waals surface area contributed by atoms with E-state index in [4.69, 9.17) is 21.1 Å². The number of anilines is 1. The number of nitrogens with zero attached hydrogens (tertiary/aromatic N) is 1. The molecular weight excluding hydrogens is 278 g/mol. The largest absolute Gasteiger partial charge is 0.492 e. The van der Waals surface area contributed by atoms with Crippen LogP contribution in [0.4, 0.5) is 5.69 Å². The average molecular weight is 300 g/mol. The van der Waals surface area contributed by atoms with Crippen molar-refractivity contribution in [2.75, 3.05) is 24.0 Å². The lowest BCUT2D eigenvalue weighted by Crippen LogP contribution is -2.42. The molecule has 1 aromatic rings. The summed E-state index contributed by atoms with van der Waals surface area (Å²) in [7, 11) is 0. The van der Waals surface area contributed by atoms with E-state index in [0.29, 0.717) is 19.0 Å². The van der Waals surface area contributed by atoms with Gasteiger partial charge in [-0.25, -0.2) is 0 Å². The zero-order valence-electron chi connectivity index (χ0n) is 12.5. The minimum atomic E-state index is -0.397. The summed E-state index contributed by atoms with van der Waals surface area (Å²) in [5.74, 6) is 0.359. The third-order valence-corrected chi connectivity index (χ3v) is 3.12. The number of rotatable bonds is 7. The van der Waals surface area contributed by atoms with Crippen LogP contribution in [0.3, 0.4) is 0 Å². The second kappa shape index (κ2) is 8.12. The van der Waals surface area contributed by atoms with Crippen molar-refractivity contribution in [3.8, 4) is 5.75 Å². The fourth-order valence-electron chi connectivity index (χ4n) is 2.10. The zero-order valence-corrected chi connectivity index (χ0v) is 13.2. The molecule has 0 aromatic heterocycles. The van der Waals surface area contributed by atoms with Crippen molar-refractivity contribution in [3.63, 3.8) is 0 Å². The number of alkyl halides is 1. The number of amides is 1. The normalized spacial score (nSPS) is 12.1. The first-order chi connectivity index (χ1) is 9.56. The van der Waals surface area contributed by atoms with Crippen LogP contribution in [0.15, 0.2) is 18.2 Å². The molecule has 0 bridgehead atoms. The Balaban J connectivity index is 3.28. The highest BCUT2D eigenvalue weighted by atomic mass is 35.5. The van der Waals surface area contributed by atoms with Gasteiger partial charge in [0.2, 0.25) is 5.91 Å². The van der Waals surface area contributed by atoms with Crippen molar-refractivity contribution < 1.29 is 14.3 Å². The molecule has 0 aliphatic carbocycles. The third-order valence-electron chi connectivity index (χ3n) is 2.90. The van der Waals surface area contributed by atoms with E-state index >= 15 is 0 Å². The number of para-hydroxylation sites is 1. The summed E-state index contributed by atoms with van der Waals surface area (Å²) < 4.78 is 11.2. The monoisotopic (exact) mass is 299 g/mol. The molecule has 0 saturated carbocycles. The predicted octanol–water partition coefficient (Wildman–Crippen LogP) is 3.35. The fourth-order valence-corrected chi connectivity index (χ4v) is 2.23. The van der Waals surface area contributed by atoms with E-state index in [-0.39, 0.29) is 11.8 Å². The van der Waals surface area contributed by atoms with E-state index in [1.165, 1.54) is 0 Å². The predicted molar refractivity (Wildman–Crippen MR) is 81.6 cm³/mol. The summed E-state index contributed by atoms with van der Waals surface area (Å²) in [5, 5.41) is 0. The van der Waals surface area contributed by atoms with Gasteiger partial charge in [0.05, 0.1) is 12.3 Å². The van der Waals surface area contributed by atoms with Crippen LogP contribution in [0.25, 0.3) is 0 Å². The number of hydrogen-bond donors (Lipinski definition) is 0. The summed E-state index contributed by atoms with van der Waals surface area (Å²) in [5.41, 5.74) is 1.67. The van der Waals surface area contributed by atoms with E-state index < -0.39 is 6.23 Å². The maximum Gasteiger partial charge on any atom is 0.244 e. The van der Waals surface area contributed by atoms with Gasteiger partial charge in [0.25, 0.3) is 0 Å². The molecular formula is C15H22ClNO3. The van der Waals surface area contributed by atoms with Crippen LogP contribution in [0.1, 0.15) is 26.3 Å². The SMILES string of the molecule is CCOc1cccc(C)c1N(C(=O)CCl)C(C)OCC. The first-order valence-electron chi connectivity index (χ1n) is 6.78. The minimum absolute atomic E-state index is 0.0999. The first-order valence-corrected chi connectivity index (χ1v) is 7.32. The lowest BCUT2D eigenvalue weighted by Gasteiger charge is -2.31. The molecule has 0 spiro atoms. The second-order valence-electron chi connectivity index (χ2n) is 4.31. The van der Waals surface area contributed by atoms with Gasteiger partial charge in [-0.1, -0.05) is 12.1 Å². The molecule has 0 fully saturated rings. The van der Waals surface area contributed by atoms with Gasteiger partial charge in [0, 0.05) is 6.61 Å². The van der Waals surface area contributed by atoms with Crippen LogP contribution >= 0.6 is 11.6 Å². The maximum absolute atomic E-state index is 12.2. The standard InChI is InChI=1S/C15H22ClNO3/c1-5-19-12(4)17(14(18)10-16)15-11(3)8-7-9-13(15)20-6-2/h7-9,12H,5-6,10H2,1-4H3. The van der Waals surface area contributed by atoms with Crippen LogP contribution in [0, 0.1) is 6.92 Å². The van der Waals surface area contributed by atoms with Crippen molar-refractivity contribution in [2.45, 2.75) is 33.9 Å². The molecule has 20 heavy (non-hydrogen) atoms. The molecule has 0 aliphatic rings. The highest BCUT2D eigenvalue weighted by molar-refractivity contribution is 6.29. The number of ether oxygens (including phenoxy) is 2. The summed E-state index contributed by atoms with van der Waals surface area (Å²) >= 11 is 5.74.